The number of carbonyl (C=O) groups excluding carboxylic acids is 2. The largest absolute Gasteiger partial charge is 0.372 e. The average Bonchev–Trinajstić information content (AvgIpc) is 2.81. The molecule has 0 spiro atoms. The highest BCUT2D eigenvalue weighted by molar-refractivity contribution is 6.21. The van der Waals surface area contributed by atoms with Crippen molar-refractivity contribution >= 4 is 17.5 Å². The van der Waals surface area contributed by atoms with Crippen molar-refractivity contribution in [2.75, 3.05) is 18.0 Å². The molecular weight excluding hydrogens is 300 g/mol. The molecule has 2 amide bonds. The van der Waals surface area contributed by atoms with E-state index < -0.39 is 0 Å². The van der Waals surface area contributed by atoms with E-state index >= 15 is 0 Å². The zero-order valence-corrected chi connectivity index (χ0v) is 14.4. The lowest BCUT2D eigenvalue weighted by atomic mass is 10.1. The Morgan fingerprint density at radius 3 is 2.04 bits per heavy atom. The van der Waals surface area contributed by atoms with Crippen molar-refractivity contribution < 1.29 is 9.59 Å². The van der Waals surface area contributed by atoms with Crippen LogP contribution in [0, 0.1) is 6.92 Å². The number of hydrogen-bond donors (Lipinski definition) is 0. The molecule has 3 rings (SSSR count). The summed E-state index contributed by atoms with van der Waals surface area (Å²) in [4.78, 5) is 28.6. The molecule has 1 aliphatic heterocycles. The molecular formula is C20H22N2O2. The molecule has 0 saturated carbocycles. The normalized spacial score (nSPS) is 13.4. The maximum Gasteiger partial charge on any atom is 0.261 e. The van der Waals surface area contributed by atoms with E-state index in [1.54, 1.807) is 24.3 Å². The van der Waals surface area contributed by atoms with Crippen LogP contribution in [0.3, 0.4) is 0 Å². The van der Waals surface area contributed by atoms with Crippen molar-refractivity contribution in [3.05, 3.63) is 64.7 Å². The molecule has 2 aromatic carbocycles. The predicted octanol–water partition coefficient (Wildman–Crippen LogP) is 3.64. The quantitative estimate of drug-likeness (QED) is 0.789. The van der Waals surface area contributed by atoms with E-state index in [4.69, 9.17) is 0 Å². The van der Waals surface area contributed by atoms with Crippen molar-refractivity contribution in [3.63, 3.8) is 0 Å². The Morgan fingerprint density at radius 1 is 0.917 bits per heavy atom. The molecule has 0 fully saturated rings. The molecule has 0 unspecified atom stereocenters. The molecule has 124 valence electrons. The fraction of sp³-hybridized carbons (Fsp3) is 0.300. The van der Waals surface area contributed by atoms with E-state index in [2.05, 4.69) is 30.9 Å². The molecule has 0 radical (unpaired) electrons. The summed E-state index contributed by atoms with van der Waals surface area (Å²) >= 11 is 0. The van der Waals surface area contributed by atoms with Gasteiger partial charge in [0, 0.05) is 18.8 Å². The first kappa shape index (κ1) is 16.2. The molecule has 0 aromatic heterocycles. The number of amides is 2. The molecule has 0 saturated heterocycles. The topological polar surface area (TPSA) is 40.6 Å². The Labute approximate surface area is 142 Å². The van der Waals surface area contributed by atoms with Gasteiger partial charge in [-0.3, -0.25) is 14.5 Å². The molecule has 2 aromatic rings. The fourth-order valence-electron chi connectivity index (χ4n) is 3.27. The maximum atomic E-state index is 12.5. The second-order valence-electron chi connectivity index (χ2n) is 6.09. The Hall–Kier alpha value is -2.62. The summed E-state index contributed by atoms with van der Waals surface area (Å²) in [6, 6.07) is 13.3. The van der Waals surface area contributed by atoms with Gasteiger partial charge in [-0.1, -0.05) is 18.2 Å². The molecule has 4 heteroatoms. The van der Waals surface area contributed by atoms with Crippen molar-refractivity contribution in [2.45, 2.75) is 27.3 Å². The van der Waals surface area contributed by atoms with Gasteiger partial charge in [0.1, 0.15) is 0 Å². The van der Waals surface area contributed by atoms with Gasteiger partial charge < -0.3 is 4.90 Å². The van der Waals surface area contributed by atoms with Crippen molar-refractivity contribution in [2.24, 2.45) is 0 Å². The van der Waals surface area contributed by atoms with Crippen LogP contribution in [0.2, 0.25) is 0 Å². The summed E-state index contributed by atoms with van der Waals surface area (Å²) in [5, 5.41) is 0. The predicted molar refractivity (Wildman–Crippen MR) is 95.4 cm³/mol. The minimum Gasteiger partial charge on any atom is -0.372 e. The number of imide groups is 1. The summed E-state index contributed by atoms with van der Waals surface area (Å²) in [6.07, 6.45) is 0. The number of fused-ring (bicyclic) bond motifs is 1. The third-order valence-corrected chi connectivity index (χ3v) is 4.47. The van der Waals surface area contributed by atoms with Gasteiger partial charge in [0.2, 0.25) is 0 Å². The zero-order chi connectivity index (χ0) is 17.3. The first-order valence-electron chi connectivity index (χ1n) is 8.35. The first-order chi connectivity index (χ1) is 11.5. The van der Waals surface area contributed by atoms with Crippen LogP contribution in [-0.4, -0.2) is 29.8 Å². The fourth-order valence-corrected chi connectivity index (χ4v) is 3.27. The SMILES string of the molecule is CCN(CC)c1cc(C)cc(CN2C(=O)c3ccccc3C2=O)c1. The number of nitrogens with zero attached hydrogens (tertiary/aromatic N) is 2. The van der Waals surface area contributed by atoms with Crippen molar-refractivity contribution in [3.8, 4) is 0 Å². The van der Waals surface area contributed by atoms with E-state index in [0.29, 0.717) is 17.7 Å². The van der Waals surface area contributed by atoms with Gasteiger partial charge in [-0.15, -0.1) is 0 Å². The maximum absolute atomic E-state index is 12.5. The van der Waals surface area contributed by atoms with Gasteiger partial charge in [-0.2, -0.15) is 0 Å². The van der Waals surface area contributed by atoms with Crippen molar-refractivity contribution in [1.82, 2.24) is 4.90 Å². The average molecular weight is 322 g/mol. The molecule has 0 N–H and O–H groups in total. The van der Waals surface area contributed by atoms with E-state index in [0.717, 1.165) is 29.9 Å². The van der Waals surface area contributed by atoms with Crippen molar-refractivity contribution in [1.29, 1.82) is 0 Å². The Bertz CT molecular complexity index is 759. The van der Waals surface area contributed by atoms with E-state index in [9.17, 15) is 9.59 Å². The zero-order valence-electron chi connectivity index (χ0n) is 14.4. The molecule has 0 bridgehead atoms. The van der Waals surface area contributed by atoms with Crippen LogP contribution in [-0.2, 0) is 6.54 Å². The van der Waals surface area contributed by atoms with Gasteiger partial charge in [-0.25, -0.2) is 0 Å². The van der Waals surface area contributed by atoms with Gasteiger partial charge >= 0.3 is 0 Å². The van der Waals surface area contributed by atoms with E-state index in [1.165, 1.54) is 4.90 Å². The summed E-state index contributed by atoms with van der Waals surface area (Å²) < 4.78 is 0. The lowest BCUT2D eigenvalue weighted by molar-refractivity contribution is 0.0642. The monoisotopic (exact) mass is 322 g/mol. The highest BCUT2D eigenvalue weighted by atomic mass is 16.2. The first-order valence-corrected chi connectivity index (χ1v) is 8.35. The molecule has 0 aliphatic carbocycles. The molecule has 0 atom stereocenters. The van der Waals surface area contributed by atoms with Crippen LogP contribution in [0.5, 0.6) is 0 Å². The van der Waals surface area contributed by atoms with Gasteiger partial charge in [-0.05, 0) is 56.2 Å². The van der Waals surface area contributed by atoms with E-state index in [1.807, 2.05) is 13.0 Å². The Balaban J connectivity index is 1.90. The standard InChI is InChI=1S/C20H22N2O2/c1-4-21(5-2)16-11-14(3)10-15(12-16)13-22-19(23)17-8-6-7-9-18(17)20(22)24/h6-12H,4-5,13H2,1-3H3. The van der Waals surface area contributed by atoms with Crippen LogP contribution >= 0.6 is 0 Å². The number of rotatable bonds is 5. The highest BCUT2D eigenvalue weighted by Crippen LogP contribution is 2.26. The van der Waals surface area contributed by atoms with Gasteiger partial charge in [0.05, 0.1) is 17.7 Å². The van der Waals surface area contributed by atoms with Crippen LogP contribution < -0.4 is 4.90 Å². The minimum absolute atomic E-state index is 0.207. The van der Waals surface area contributed by atoms with E-state index in [-0.39, 0.29) is 11.8 Å². The third kappa shape index (κ3) is 2.80. The number of hydrogen-bond acceptors (Lipinski definition) is 3. The lowest BCUT2D eigenvalue weighted by Crippen LogP contribution is -2.29. The smallest absolute Gasteiger partial charge is 0.261 e. The number of aryl methyl sites for hydroxylation is 1. The summed E-state index contributed by atoms with van der Waals surface area (Å²) in [6.45, 7) is 8.44. The summed E-state index contributed by atoms with van der Waals surface area (Å²) in [5.74, 6) is -0.414. The molecule has 1 aliphatic rings. The number of carbonyl (C=O) groups is 2. The minimum atomic E-state index is -0.207. The van der Waals surface area contributed by atoms with Gasteiger partial charge in [0.25, 0.3) is 11.8 Å². The second kappa shape index (κ2) is 6.48. The summed E-state index contributed by atoms with van der Waals surface area (Å²) in [7, 11) is 0. The molecule has 4 nitrogen and oxygen atoms in total. The summed E-state index contributed by atoms with van der Waals surface area (Å²) in [5.41, 5.74) is 4.24. The lowest BCUT2D eigenvalue weighted by Gasteiger charge is -2.23. The Kier molecular flexibility index (Phi) is 4.38. The molecule has 1 heterocycles. The highest BCUT2D eigenvalue weighted by Gasteiger charge is 2.35. The van der Waals surface area contributed by atoms with Crippen LogP contribution in [0.1, 0.15) is 45.7 Å². The van der Waals surface area contributed by atoms with Crippen LogP contribution in [0.25, 0.3) is 0 Å². The van der Waals surface area contributed by atoms with Crippen LogP contribution in [0.4, 0.5) is 5.69 Å². The number of benzene rings is 2. The van der Waals surface area contributed by atoms with Gasteiger partial charge in [0.15, 0.2) is 0 Å². The second-order valence-corrected chi connectivity index (χ2v) is 6.09. The number of anilines is 1. The third-order valence-electron chi connectivity index (χ3n) is 4.47. The van der Waals surface area contributed by atoms with Crippen LogP contribution in [0.15, 0.2) is 42.5 Å². The Morgan fingerprint density at radius 2 is 1.50 bits per heavy atom. The molecule has 24 heavy (non-hydrogen) atoms.